The molecule has 16 heavy (non-hydrogen) atoms. The van der Waals surface area contributed by atoms with E-state index in [1.807, 2.05) is 11.8 Å². The summed E-state index contributed by atoms with van der Waals surface area (Å²) in [6.07, 6.45) is 7.83. The Morgan fingerprint density at radius 1 is 0.875 bits per heavy atom. The summed E-state index contributed by atoms with van der Waals surface area (Å²) in [5, 5.41) is 0. The molecule has 0 radical (unpaired) electrons. The third-order valence-corrected chi connectivity index (χ3v) is 4.88. The van der Waals surface area contributed by atoms with E-state index in [1.165, 1.54) is 63.4 Å². The molecule has 2 nitrogen and oxygen atoms in total. The van der Waals surface area contributed by atoms with E-state index in [0.29, 0.717) is 0 Å². The van der Waals surface area contributed by atoms with Crippen LogP contribution in [-0.4, -0.2) is 60.2 Å². The van der Waals surface area contributed by atoms with Crippen LogP contribution in [0.5, 0.6) is 0 Å². The molecular weight excluding hydrogens is 236 g/mol. The Morgan fingerprint density at radius 2 is 1.50 bits per heavy atom. The van der Waals surface area contributed by atoms with Gasteiger partial charge in [0.25, 0.3) is 0 Å². The van der Waals surface area contributed by atoms with Gasteiger partial charge in [-0.05, 0) is 31.9 Å². The van der Waals surface area contributed by atoms with Crippen LogP contribution >= 0.6 is 23.7 Å². The number of nitrogens with zero attached hydrogens (tertiary/aromatic N) is 2. The first-order valence-corrected chi connectivity index (χ1v) is 8.72. The first-order valence-electron chi connectivity index (χ1n) is 6.38. The third kappa shape index (κ3) is 7.05. The van der Waals surface area contributed by atoms with E-state index in [1.54, 1.807) is 0 Å². The maximum absolute atomic E-state index is 2.54. The number of unbranched alkanes of at least 4 members (excludes halogenated alkanes) is 3. The van der Waals surface area contributed by atoms with Crippen LogP contribution in [0, 0.1) is 0 Å². The van der Waals surface area contributed by atoms with Gasteiger partial charge in [-0.2, -0.15) is 11.8 Å². The minimum Gasteiger partial charge on any atom is -0.304 e. The minimum atomic E-state index is 1.24. The van der Waals surface area contributed by atoms with Gasteiger partial charge in [-0.25, -0.2) is 4.31 Å². The molecule has 1 rings (SSSR count). The molecule has 4 heteroatoms. The van der Waals surface area contributed by atoms with Gasteiger partial charge in [-0.1, -0.05) is 24.8 Å². The molecule has 1 saturated heterocycles. The van der Waals surface area contributed by atoms with Crippen LogP contribution in [0.3, 0.4) is 0 Å². The molecule has 0 aromatic rings. The topological polar surface area (TPSA) is 6.48 Å². The van der Waals surface area contributed by atoms with Gasteiger partial charge >= 0.3 is 0 Å². The number of rotatable bonds is 8. The summed E-state index contributed by atoms with van der Waals surface area (Å²) in [6.45, 7) is 4.96. The second-order valence-electron chi connectivity index (χ2n) is 4.47. The van der Waals surface area contributed by atoms with Crippen LogP contribution in [-0.2, 0) is 0 Å². The highest BCUT2D eigenvalue weighted by molar-refractivity contribution is 7.98. The van der Waals surface area contributed by atoms with E-state index in [2.05, 4.69) is 34.5 Å². The molecule has 1 heterocycles. The van der Waals surface area contributed by atoms with Crippen molar-refractivity contribution in [2.75, 3.05) is 51.0 Å². The summed E-state index contributed by atoms with van der Waals surface area (Å²) in [7, 11) is 2.22. The van der Waals surface area contributed by atoms with Crippen molar-refractivity contribution in [3.63, 3.8) is 0 Å². The van der Waals surface area contributed by atoms with Gasteiger partial charge in [0.1, 0.15) is 0 Å². The first-order chi connectivity index (χ1) is 7.83. The normalized spacial score (nSPS) is 19.1. The number of hydrogen-bond donors (Lipinski definition) is 0. The lowest BCUT2D eigenvalue weighted by molar-refractivity contribution is 0.233. The molecule has 1 aliphatic heterocycles. The van der Waals surface area contributed by atoms with Crippen molar-refractivity contribution in [1.82, 2.24) is 9.21 Å². The average Bonchev–Trinajstić information content (AvgIpc) is 2.30. The SMILES string of the molecule is CSCCCCCCSN1CCN(C)CC1. The summed E-state index contributed by atoms with van der Waals surface area (Å²) >= 11 is 4.03. The molecule has 0 spiro atoms. The van der Waals surface area contributed by atoms with Gasteiger partial charge in [0.2, 0.25) is 0 Å². The Balaban J connectivity index is 1.84. The molecule has 0 aromatic heterocycles. The van der Waals surface area contributed by atoms with E-state index >= 15 is 0 Å². The zero-order valence-electron chi connectivity index (χ0n) is 10.8. The fourth-order valence-electron chi connectivity index (χ4n) is 1.81. The Morgan fingerprint density at radius 3 is 2.12 bits per heavy atom. The molecule has 0 amide bonds. The Bertz CT molecular complexity index is 159. The molecule has 1 fully saturated rings. The largest absolute Gasteiger partial charge is 0.304 e. The number of likely N-dealkylation sites (N-methyl/N-ethyl adjacent to an activating group) is 1. The molecule has 0 N–H and O–H groups in total. The fourth-order valence-corrected chi connectivity index (χ4v) is 3.32. The van der Waals surface area contributed by atoms with Crippen molar-refractivity contribution < 1.29 is 0 Å². The van der Waals surface area contributed by atoms with Crippen molar-refractivity contribution in [2.45, 2.75) is 25.7 Å². The predicted molar refractivity (Wildman–Crippen MR) is 78.4 cm³/mol. The fraction of sp³-hybridized carbons (Fsp3) is 1.00. The summed E-state index contributed by atoms with van der Waals surface area (Å²) in [5.74, 6) is 2.66. The molecule has 96 valence electrons. The molecular formula is C12H26N2S2. The van der Waals surface area contributed by atoms with Crippen molar-refractivity contribution >= 4 is 23.7 Å². The van der Waals surface area contributed by atoms with E-state index in [9.17, 15) is 0 Å². The molecule has 0 saturated carbocycles. The van der Waals surface area contributed by atoms with Crippen LogP contribution in [0.15, 0.2) is 0 Å². The molecule has 0 aromatic carbocycles. The molecule has 0 aliphatic carbocycles. The molecule has 1 aliphatic rings. The van der Waals surface area contributed by atoms with E-state index < -0.39 is 0 Å². The monoisotopic (exact) mass is 262 g/mol. The van der Waals surface area contributed by atoms with E-state index in [4.69, 9.17) is 0 Å². The molecule has 0 unspecified atom stereocenters. The van der Waals surface area contributed by atoms with Crippen molar-refractivity contribution in [2.24, 2.45) is 0 Å². The highest BCUT2D eigenvalue weighted by Crippen LogP contribution is 2.15. The Kier molecular flexibility index (Phi) is 8.84. The van der Waals surface area contributed by atoms with Crippen LogP contribution < -0.4 is 0 Å². The first kappa shape index (κ1) is 14.7. The van der Waals surface area contributed by atoms with Gasteiger partial charge in [-0.15, -0.1) is 0 Å². The van der Waals surface area contributed by atoms with Crippen molar-refractivity contribution in [3.05, 3.63) is 0 Å². The highest BCUT2D eigenvalue weighted by Gasteiger charge is 2.13. The van der Waals surface area contributed by atoms with Crippen LogP contribution in [0.1, 0.15) is 25.7 Å². The van der Waals surface area contributed by atoms with Crippen LogP contribution in [0.25, 0.3) is 0 Å². The molecule has 0 atom stereocenters. The number of hydrogen-bond acceptors (Lipinski definition) is 4. The lowest BCUT2D eigenvalue weighted by Gasteiger charge is -2.31. The summed E-state index contributed by atoms with van der Waals surface area (Å²) in [6, 6.07) is 0. The lowest BCUT2D eigenvalue weighted by atomic mass is 10.2. The van der Waals surface area contributed by atoms with Gasteiger partial charge < -0.3 is 4.90 Å². The summed E-state index contributed by atoms with van der Waals surface area (Å²) in [5.41, 5.74) is 0. The Labute approximate surface area is 110 Å². The van der Waals surface area contributed by atoms with Crippen molar-refractivity contribution in [1.29, 1.82) is 0 Å². The second-order valence-corrected chi connectivity index (χ2v) is 6.64. The lowest BCUT2D eigenvalue weighted by Crippen LogP contribution is -2.41. The van der Waals surface area contributed by atoms with Gasteiger partial charge in [0.15, 0.2) is 0 Å². The zero-order chi connectivity index (χ0) is 11.6. The van der Waals surface area contributed by atoms with Gasteiger partial charge in [0, 0.05) is 31.9 Å². The van der Waals surface area contributed by atoms with E-state index in [-0.39, 0.29) is 0 Å². The maximum atomic E-state index is 2.54. The Hall–Kier alpha value is 0.620. The van der Waals surface area contributed by atoms with Crippen LogP contribution in [0.2, 0.25) is 0 Å². The van der Waals surface area contributed by atoms with Gasteiger partial charge in [-0.3, -0.25) is 0 Å². The van der Waals surface area contributed by atoms with Gasteiger partial charge in [0.05, 0.1) is 0 Å². The third-order valence-electron chi connectivity index (χ3n) is 2.98. The predicted octanol–water partition coefficient (Wildman–Crippen LogP) is 2.81. The quantitative estimate of drug-likeness (QED) is 0.490. The van der Waals surface area contributed by atoms with Crippen LogP contribution in [0.4, 0.5) is 0 Å². The summed E-state index contributed by atoms with van der Waals surface area (Å²) < 4.78 is 2.54. The average molecular weight is 262 g/mol. The summed E-state index contributed by atoms with van der Waals surface area (Å²) in [4.78, 5) is 2.42. The zero-order valence-corrected chi connectivity index (χ0v) is 12.4. The number of thioether (sulfide) groups is 1. The smallest absolute Gasteiger partial charge is 0.0218 e. The second kappa shape index (κ2) is 9.63. The maximum Gasteiger partial charge on any atom is 0.0218 e. The molecule has 0 bridgehead atoms. The van der Waals surface area contributed by atoms with E-state index in [0.717, 1.165) is 0 Å². The standard InChI is InChI=1S/C12H26N2S2/c1-13-7-9-14(10-8-13)16-12-6-4-3-5-11-15-2/h3-12H2,1-2H3. The number of piperazine rings is 1. The highest BCUT2D eigenvalue weighted by atomic mass is 32.2. The van der Waals surface area contributed by atoms with Crippen molar-refractivity contribution in [3.8, 4) is 0 Å². The minimum absolute atomic E-state index is 1.24.